The van der Waals surface area contributed by atoms with E-state index in [2.05, 4.69) is 4.98 Å². The highest BCUT2D eigenvalue weighted by Gasteiger charge is 2.07. The number of H-pyrrole nitrogens is 1. The fourth-order valence-corrected chi connectivity index (χ4v) is 1.82. The van der Waals surface area contributed by atoms with Crippen molar-refractivity contribution in [2.75, 3.05) is 12.4 Å². The Hall–Kier alpha value is -1.50. The minimum Gasteiger partial charge on any atom is -0.465 e. The number of thioether (sulfide) groups is 1. The van der Waals surface area contributed by atoms with Gasteiger partial charge in [-0.25, -0.2) is 4.79 Å². The maximum absolute atomic E-state index is 11.2. The molecule has 6 nitrogen and oxygen atoms in total. The summed E-state index contributed by atoms with van der Waals surface area (Å²) in [5.41, 5.74) is -0.978. The third kappa shape index (κ3) is 3.27. The van der Waals surface area contributed by atoms with E-state index in [1.807, 2.05) is 0 Å². The van der Waals surface area contributed by atoms with Crippen molar-refractivity contribution in [2.24, 2.45) is 7.05 Å². The fraction of sp³-hybridized carbons (Fsp3) is 0.444. The molecule has 0 radical (unpaired) electrons. The molecule has 0 aromatic carbocycles. The highest BCUT2D eigenvalue weighted by atomic mass is 32.2. The Morgan fingerprint density at radius 3 is 2.88 bits per heavy atom. The molecule has 1 aromatic rings. The SMILES string of the molecule is CCOC(=O)CSc1cc(=O)[nH]c(=O)n1C. The third-order valence-corrected chi connectivity index (χ3v) is 2.83. The maximum Gasteiger partial charge on any atom is 0.328 e. The topological polar surface area (TPSA) is 81.2 Å². The van der Waals surface area contributed by atoms with Gasteiger partial charge in [0.15, 0.2) is 0 Å². The molecule has 1 rings (SSSR count). The van der Waals surface area contributed by atoms with Crippen LogP contribution in [0.2, 0.25) is 0 Å². The number of hydrogen-bond acceptors (Lipinski definition) is 5. The lowest BCUT2D eigenvalue weighted by molar-refractivity contribution is -0.139. The quantitative estimate of drug-likeness (QED) is 0.448. The lowest BCUT2D eigenvalue weighted by Gasteiger charge is -2.05. The monoisotopic (exact) mass is 244 g/mol. The molecule has 0 amide bonds. The Labute approximate surface area is 95.6 Å². The molecular weight excluding hydrogens is 232 g/mol. The molecule has 1 N–H and O–H groups in total. The van der Waals surface area contributed by atoms with Gasteiger partial charge in [-0.1, -0.05) is 11.8 Å². The molecule has 7 heteroatoms. The molecule has 1 aromatic heterocycles. The molecular formula is C9H12N2O4S. The first-order chi connectivity index (χ1) is 7.54. The first kappa shape index (κ1) is 12.6. The summed E-state index contributed by atoms with van der Waals surface area (Å²) in [6.07, 6.45) is 0. The second kappa shape index (κ2) is 5.55. The van der Waals surface area contributed by atoms with Crippen LogP contribution in [-0.2, 0) is 16.6 Å². The van der Waals surface area contributed by atoms with Crippen molar-refractivity contribution < 1.29 is 9.53 Å². The van der Waals surface area contributed by atoms with Gasteiger partial charge in [0.25, 0.3) is 5.56 Å². The van der Waals surface area contributed by atoms with Crippen molar-refractivity contribution in [3.8, 4) is 0 Å². The van der Waals surface area contributed by atoms with E-state index in [0.29, 0.717) is 11.6 Å². The van der Waals surface area contributed by atoms with Gasteiger partial charge < -0.3 is 4.74 Å². The molecule has 1 heterocycles. The van der Waals surface area contributed by atoms with E-state index < -0.39 is 11.2 Å². The Balaban J connectivity index is 2.78. The highest BCUT2D eigenvalue weighted by molar-refractivity contribution is 7.99. The number of ether oxygens (including phenoxy) is 1. The summed E-state index contributed by atoms with van der Waals surface area (Å²) in [5.74, 6) is -0.301. The standard InChI is InChI=1S/C9H12N2O4S/c1-3-15-8(13)5-16-7-4-6(12)10-9(14)11(7)2/h4H,3,5H2,1-2H3,(H,10,12,14). The lowest BCUT2D eigenvalue weighted by Crippen LogP contribution is -2.28. The Bertz CT molecular complexity index is 491. The molecule has 0 saturated carbocycles. The summed E-state index contributed by atoms with van der Waals surface area (Å²) in [6.45, 7) is 2.03. The molecule has 0 atom stereocenters. The van der Waals surface area contributed by atoms with Crippen LogP contribution in [0.25, 0.3) is 0 Å². The molecule has 0 aliphatic heterocycles. The van der Waals surface area contributed by atoms with Gasteiger partial charge in [0, 0.05) is 13.1 Å². The zero-order chi connectivity index (χ0) is 12.1. The maximum atomic E-state index is 11.2. The number of aromatic nitrogens is 2. The number of hydrogen-bond donors (Lipinski definition) is 1. The summed E-state index contributed by atoms with van der Waals surface area (Å²) >= 11 is 1.09. The highest BCUT2D eigenvalue weighted by Crippen LogP contribution is 2.13. The lowest BCUT2D eigenvalue weighted by atomic mass is 10.6. The predicted molar refractivity (Wildman–Crippen MR) is 59.7 cm³/mol. The number of carbonyl (C=O) groups excluding carboxylic acids is 1. The number of rotatable bonds is 4. The summed E-state index contributed by atoms with van der Waals surface area (Å²) < 4.78 is 6.00. The van der Waals surface area contributed by atoms with Gasteiger partial charge in [0.2, 0.25) is 0 Å². The van der Waals surface area contributed by atoms with Crippen molar-refractivity contribution in [1.29, 1.82) is 0 Å². The van der Waals surface area contributed by atoms with Crippen molar-refractivity contribution in [3.05, 3.63) is 26.9 Å². The fourth-order valence-electron chi connectivity index (χ4n) is 1.01. The summed E-state index contributed by atoms with van der Waals surface area (Å²) in [5, 5.41) is 0.432. The molecule has 0 aliphatic carbocycles. The van der Waals surface area contributed by atoms with Gasteiger partial charge in [-0.3, -0.25) is 19.1 Å². The predicted octanol–water partition coefficient (Wildman–Crippen LogP) is -0.271. The average Bonchev–Trinajstić information content (AvgIpc) is 2.21. The summed E-state index contributed by atoms with van der Waals surface area (Å²) in [7, 11) is 1.52. The minimum atomic E-state index is -0.501. The third-order valence-electron chi connectivity index (χ3n) is 1.76. The summed E-state index contributed by atoms with van der Waals surface area (Å²) in [6, 6.07) is 1.27. The Morgan fingerprint density at radius 1 is 1.56 bits per heavy atom. The van der Waals surface area contributed by atoms with E-state index in [1.165, 1.54) is 17.7 Å². The van der Waals surface area contributed by atoms with Crippen molar-refractivity contribution in [3.63, 3.8) is 0 Å². The smallest absolute Gasteiger partial charge is 0.328 e. The zero-order valence-electron chi connectivity index (χ0n) is 8.98. The van der Waals surface area contributed by atoms with Gasteiger partial charge in [0.05, 0.1) is 17.4 Å². The number of nitrogens with zero attached hydrogens (tertiary/aromatic N) is 1. The van der Waals surface area contributed by atoms with Crippen LogP contribution in [0.1, 0.15) is 6.92 Å². The van der Waals surface area contributed by atoms with E-state index in [-0.39, 0.29) is 11.7 Å². The number of nitrogens with one attached hydrogen (secondary N) is 1. The van der Waals surface area contributed by atoms with E-state index in [9.17, 15) is 14.4 Å². The van der Waals surface area contributed by atoms with E-state index in [4.69, 9.17) is 4.74 Å². The van der Waals surface area contributed by atoms with Crippen molar-refractivity contribution in [1.82, 2.24) is 9.55 Å². The van der Waals surface area contributed by atoms with E-state index in [0.717, 1.165) is 11.8 Å². The van der Waals surface area contributed by atoms with Gasteiger partial charge in [0.1, 0.15) is 0 Å². The molecule has 0 bridgehead atoms. The van der Waals surface area contributed by atoms with Crippen LogP contribution < -0.4 is 11.2 Å². The number of carbonyl (C=O) groups is 1. The molecule has 0 saturated heterocycles. The van der Waals surface area contributed by atoms with Crippen LogP contribution in [0.15, 0.2) is 20.7 Å². The van der Waals surface area contributed by atoms with Crippen LogP contribution in [-0.4, -0.2) is 27.9 Å². The molecule has 0 unspecified atom stereocenters. The largest absolute Gasteiger partial charge is 0.465 e. The molecule has 16 heavy (non-hydrogen) atoms. The second-order valence-corrected chi connectivity index (χ2v) is 3.93. The van der Waals surface area contributed by atoms with E-state index in [1.54, 1.807) is 6.92 Å². The molecule has 0 aliphatic rings. The number of esters is 1. The van der Waals surface area contributed by atoms with Crippen LogP contribution in [0.3, 0.4) is 0 Å². The van der Waals surface area contributed by atoms with Gasteiger partial charge in [-0.2, -0.15) is 0 Å². The van der Waals surface area contributed by atoms with Crippen LogP contribution >= 0.6 is 11.8 Å². The minimum absolute atomic E-state index is 0.0740. The van der Waals surface area contributed by atoms with Crippen LogP contribution in [0.4, 0.5) is 0 Å². The molecule has 0 spiro atoms. The first-order valence-electron chi connectivity index (χ1n) is 4.63. The van der Waals surface area contributed by atoms with Crippen molar-refractivity contribution in [2.45, 2.75) is 11.9 Å². The van der Waals surface area contributed by atoms with Crippen LogP contribution in [0.5, 0.6) is 0 Å². The Morgan fingerprint density at radius 2 is 2.25 bits per heavy atom. The zero-order valence-corrected chi connectivity index (χ0v) is 9.80. The summed E-state index contributed by atoms with van der Waals surface area (Å²) in [4.78, 5) is 35.4. The second-order valence-electron chi connectivity index (χ2n) is 2.93. The van der Waals surface area contributed by atoms with Gasteiger partial charge >= 0.3 is 11.7 Å². The molecule has 0 fully saturated rings. The van der Waals surface area contributed by atoms with Gasteiger partial charge in [-0.05, 0) is 6.92 Å². The normalized spacial score (nSPS) is 10.1. The average molecular weight is 244 g/mol. The van der Waals surface area contributed by atoms with Crippen LogP contribution in [0, 0.1) is 0 Å². The first-order valence-corrected chi connectivity index (χ1v) is 5.62. The van der Waals surface area contributed by atoms with E-state index >= 15 is 0 Å². The van der Waals surface area contributed by atoms with Gasteiger partial charge in [-0.15, -0.1) is 0 Å². The van der Waals surface area contributed by atoms with Crippen molar-refractivity contribution >= 4 is 17.7 Å². The molecule has 88 valence electrons. The number of aromatic amines is 1. The Kier molecular flexibility index (Phi) is 4.36.